The number of fused-ring (bicyclic) bond motifs is 1. The van der Waals surface area contributed by atoms with Crippen LogP contribution in [0.25, 0.3) is 16.8 Å². The zero-order chi connectivity index (χ0) is 24.7. The Balaban J connectivity index is 1.79. The Morgan fingerprint density at radius 1 is 1.11 bits per heavy atom. The number of primary amides is 1. The van der Waals surface area contributed by atoms with Crippen LogP contribution in [-0.4, -0.2) is 49.2 Å². The number of benzene rings is 1. The van der Waals surface area contributed by atoms with Gasteiger partial charge in [0.1, 0.15) is 35.0 Å². The monoisotopic (exact) mass is 480 g/mol. The first-order chi connectivity index (χ1) is 16.9. The van der Waals surface area contributed by atoms with Gasteiger partial charge >= 0.3 is 0 Å². The van der Waals surface area contributed by atoms with E-state index >= 15 is 0 Å². The molecule has 2 aromatic heterocycles. The molecule has 5 rings (SSSR count). The smallest absolute Gasteiger partial charge is 0.285 e. The van der Waals surface area contributed by atoms with Crippen molar-refractivity contribution in [1.82, 2.24) is 14.8 Å². The predicted molar refractivity (Wildman–Crippen MR) is 123 cm³/mol. The molecule has 10 heteroatoms. The van der Waals surface area contributed by atoms with Crippen molar-refractivity contribution in [3.8, 4) is 16.8 Å². The maximum absolute atomic E-state index is 14.7. The molecule has 5 atom stereocenters. The fourth-order valence-corrected chi connectivity index (χ4v) is 5.17. The van der Waals surface area contributed by atoms with E-state index in [1.807, 2.05) is 0 Å². The predicted octanol–water partition coefficient (Wildman–Crippen LogP) is 1.88. The highest BCUT2D eigenvalue weighted by atomic mass is 19.1. The van der Waals surface area contributed by atoms with E-state index in [1.165, 1.54) is 30.6 Å². The molecular formula is C25H25FN4O5. The third-order valence-electron chi connectivity index (χ3n) is 6.84. The number of aromatic nitrogens is 3. The summed E-state index contributed by atoms with van der Waals surface area (Å²) in [5.41, 5.74) is 4.47. The van der Waals surface area contributed by atoms with Gasteiger partial charge in [0.2, 0.25) is 0 Å². The molecule has 1 saturated carbocycles. The first-order valence-electron chi connectivity index (χ1n) is 11.5. The highest BCUT2D eigenvalue weighted by molar-refractivity contribution is 6.00. The second-order valence-corrected chi connectivity index (χ2v) is 8.93. The van der Waals surface area contributed by atoms with Gasteiger partial charge in [-0.1, -0.05) is 31.0 Å². The van der Waals surface area contributed by atoms with E-state index in [0.717, 1.165) is 23.6 Å². The van der Waals surface area contributed by atoms with Gasteiger partial charge in [-0.15, -0.1) is 0 Å². The Morgan fingerprint density at radius 3 is 2.60 bits per heavy atom. The number of ether oxygens (including phenoxy) is 1. The van der Waals surface area contributed by atoms with E-state index < -0.39 is 41.2 Å². The number of aliphatic hydroxyl groups excluding tert-OH is 2. The van der Waals surface area contributed by atoms with Gasteiger partial charge in [0.05, 0.1) is 12.2 Å². The molecular weight excluding hydrogens is 455 g/mol. The summed E-state index contributed by atoms with van der Waals surface area (Å²) in [6.07, 6.45) is 2.11. The maximum atomic E-state index is 14.7. The standard InChI is InChI=1S/C25H25FN4O5/c26-15-8-2-3-9-16(15)30-25(34)19(24(27)33)18(13-6-5-11-28-12-13)20(29-30)23-22(32)21(31)14-7-1-4-10-17(14)35-23/h2-3,5-6,8-9,11-12,14,17,21-23,31-32H,1,4,7,10H2,(H2,27,33). The average molecular weight is 480 g/mol. The number of carbonyl (C=O) groups is 1. The molecule has 182 valence electrons. The molecule has 2 aliphatic rings. The van der Waals surface area contributed by atoms with E-state index in [0.29, 0.717) is 18.4 Å². The van der Waals surface area contributed by atoms with E-state index in [4.69, 9.17) is 10.5 Å². The van der Waals surface area contributed by atoms with Crippen LogP contribution < -0.4 is 11.3 Å². The van der Waals surface area contributed by atoms with Gasteiger partial charge in [0.15, 0.2) is 0 Å². The maximum Gasteiger partial charge on any atom is 0.285 e. The number of nitrogens with two attached hydrogens (primary N) is 1. The van der Waals surface area contributed by atoms with Gasteiger partial charge in [0.25, 0.3) is 11.5 Å². The van der Waals surface area contributed by atoms with Crippen molar-refractivity contribution in [2.24, 2.45) is 11.7 Å². The summed E-state index contributed by atoms with van der Waals surface area (Å²) in [7, 11) is 0. The van der Waals surface area contributed by atoms with Crippen LogP contribution in [0.3, 0.4) is 0 Å². The quantitative estimate of drug-likeness (QED) is 0.518. The zero-order valence-electron chi connectivity index (χ0n) is 18.8. The minimum atomic E-state index is -1.40. The van der Waals surface area contributed by atoms with E-state index in [1.54, 1.807) is 12.1 Å². The van der Waals surface area contributed by atoms with Crippen molar-refractivity contribution in [1.29, 1.82) is 0 Å². The van der Waals surface area contributed by atoms with Crippen molar-refractivity contribution < 1.29 is 24.1 Å². The first kappa shape index (κ1) is 23.3. The second kappa shape index (κ2) is 9.29. The molecule has 3 heterocycles. The lowest BCUT2D eigenvalue weighted by Gasteiger charge is -2.45. The van der Waals surface area contributed by atoms with Gasteiger partial charge in [-0.25, -0.2) is 4.39 Å². The number of pyridine rings is 1. The highest BCUT2D eigenvalue weighted by Gasteiger charge is 2.47. The third-order valence-corrected chi connectivity index (χ3v) is 6.84. The Bertz CT molecular complexity index is 1310. The molecule has 3 aromatic rings. The van der Waals surface area contributed by atoms with Crippen LogP contribution in [0.1, 0.15) is 47.8 Å². The van der Waals surface area contributed by atoms with Crippen molar-refractivity contribution in [3.63, 3.8) is 0 Å². The molecule has 2 fully saturated rings. The molecule has 1 saturated heterocycles. The van der Waals surface area contributed by atoms with Gasteiger partial charge in [-0.3, -0.25) is 14.6 Å². The number of hydrogen-bond acceptors (Lipinski definition) is 7. The van der Waals surface area contributed by atoms with Gasteiger partial charge < -0.3 is 20.7 Å². The summed E-state index contributed by atoms with van der Waals surface area (Å²) >= 11 is 0. The first-order valence-corrected chi connectivity index (χ1v) is 11.5. The fraction of sp³-hybridized carbons (Fsp3) is 0.360. The summed E-state index contributed by atoms with van der Waals surface area (Å²) in [6.45, 7) is 0. The number of nitrogens with zero attached hydrogens (tertiary/aromatic N) is 3. The molecule has 1 aliphatic carbocycles. The number of para-hydroxylation sites is 1. The summed E-state index contributed by atoms with van der Waals surface area (Å²) in [5, 5.41) is 26.4. The molecule has 35 heavy (non-hydrogen) atoms. The van der Waals surface area contributed by atoms with Crippen LogP contribution in [0.4, 0.5) is 4.39 Å². The molecule has 1 aliphatic heterocycles. The van der Waals surface area contributed by atoms with Crippen LogP contribution >= 0.6 is 0 Å². The summed E-state index contributed by atoms with van der Waals surface area (Å²) in [6, 6.07) is 8.69. The Kier molecular flexibility index (Phi) is 6.18. The second-order valence-electron chi connectivity index (χ2n) is 8.93. The van der Waals surface area contributed by atoms with Crippen LogP contribution in [0.5, 0.6) is 0 Å². The van der Waals surface area contributed by atoms with Crippen LogP contribution in [0.2, 0.25) is 0 Å². The Labute approximate surface area is 200 Å². The van der Waals surface area contributed by atoms with Crippen molar-refractivity contribution >= 4 is 5.91 Å². The lowest BCUT2D eigenvalue weighted by atomic mass is 9.76. The third kappa shape index (κ3) is 4.03. The lowest BCUT2D eigenvalue weighted by Crippen LogP contribution is -2.52. The molecule has 0 spiro atoms. The number of rotatable bonds is 4. The molecule has 9 nitrogen and oxygen atoms in total. The van der Waals surface area contributed by atoms with Gasteiger partial charge in [0, 0.05) is 29.4 Å². The molecule has 1 aromatic carbocycles. The number of hydrogen-bond donors (Lipinski definition) is 3. The molecule has 0 radical (unpaired) electrons. The normalized spacial score (nSPS) is 26.2. The van der Waals surface area contributed by atoms with E-state index in [9.17, 15) is 24.2 Å². The minimum Gasteiger partial charge on any atom is -0.390 e. The molecule has 5 unspecified atom stereocenters. The van der Waals surface area contributed by atoms with Crippen molar-refractivity contribution in [2.45, 2.75) is 50.1 Å². The highest BCUT2D eigenvalue weighted by Crippen LogP contribution is 2.43. The van der Waals surface area contributed by atoms with Crippen molar-refractivity contribution in [2.75, 3.05) is 0 Å². The van der Waals surface area contributed by atoms with Crippen molar-refractivity contribution in [3.05, 3.63) is 76.2 Å². The zero-order valence-corrected chi connectivity index (χ0v) is 18.8. The van der Waals surface area contributed by atoms with E-state index in [2.05, 4.69) is 10.1 Å². The van der Waals surface area contributed by atoms with E-state index in [-0.39, 0.29) is 29.0 Å². The fourth-order valence-electron chi connectivity index (χ4n) is 5.17. The van der Waals surface area contributed by atoms with Crippen LogP contribution in [-0.2, 0) is 4.74 Å². The summed E-state index contributed by atoms with van der Waals surface area (Å²) in [4.78, 5) is 30.1. The number of amides is 1. The Hall–Kier alpha value is -3.47. The minimum absolute atomic E-state index is 0.00905. The largest absolute Gasteiger partial charge is 0.390 e. The van der Waals surface area contributed by atoms with Crippen LogP contribution in [0, 0.1) is 11.7 Å². The Morgan fingerprint density at radius 2 is 1.89 bits per heavy atom. The van der Waals surface area contributed by atoms with Crippen LogP contribution in [0.15, 0.2) is 53.6 Å². The number of carbonyl (C=O) groups excluding carboxylic acids is 1. The number of aliphatic hydroxyl groups is 2. The molecule has 4 N–H and O–H groups in total. The molecule has 1 amide bonds. The SMILES string of the molecule is NC(=O)c1c(-c2cccnc2)c(C2OC3CCCCC3C(O)C2O)nn(-c2ccccc2F)c1=O. The summed E-state index contributed by atoms with van der Waals surface area (Å²) < 4.78 is 21.7. The average Bonchev–Trinajstić information content (AvgIpc) is 2.87. The number of halogens is 1. The lowest BCUT2D eigenvalue weighted by molar-refractivity contribution is -0.212. The molecule has 0 bridgehead atoms. The van der Waals surface area contributed by atoms with Gasteiger partial charge in [-0.2, -0.15) is 9.78 Å². The van der Waals surface area contributed by atoms with Gasteiger partial charge in [-0.05, 0) is 31.0 Å². The summed E-state index contributed by atoms with van der Waals surface area (Å²) in [5.74, 6) is -2.04. The topological polar surface area (TPSA) is 141 Å².